The number of morpholine rings is 1. The van der Waals surface area contributed by atoms with Crippen molar-refractivity contribution < 1.29 is 4.74 Å². The van der Waals surface area contributed by atoms with E-state index >= 15 is 0 Å². The smallest absolute Gasteiger partial charge is 0.133 e. The van der Waals surface area contributed by atoms with Gasteiger partial charge < -0.3 is 15.4 Å². The van der Waals surface area contributed by atoms with Crippen LogP contribution < -0.4 is 10.6 Å². The molecule has 2 unspecified atom stereocenters. The van der Waals surface area contributed by atoms with Gasteiger partial charge in [0.15, 0.2) is 0 Å². The summed E-state index contributed by atoms with van der Waals surface area (Å²) >= 11 is 0. The Labute approximate surface area is 103 Å². The second-order valence-electron chi connectivity index (χ2n) is 4.87. The van der Waals surface area contributed by atoms with Gasteiger partial charge in [-0.25, -0.2) is 4.98 Å². The summed E-state index contributed by atoms with van der Waals surface area (Å²) in [5, 5.41) is 0. The van der Waals surface area contributed by atoms with Gasteiger partial charge >= 0.3 is 0 Å². The number of anilines is 1. The van der Waals surface area contributed by atoms with Crippen LogP contribution in [-0.4, -0.2) is 30.3 Å². The van der Waals surface area contributed by atoms with Crippen molar-refractivity contribution in [3.63, 3.8) is 0 Å². The van der Waals surface area contributed by atoms with Crippen molar-refractivity contribution in [2.75, 3.05) is 18.0 Å². The molecule has 0 saturated carbocycles. The normalized spacial score (nSPS) is 26.9. The van der Waals surface area contributed by atoms with Gasteiger partial charge in [0.05, 0.1) is 12.2 Å². The van der Waals surface area contributed by atoms with Crippen molar-refractivity contribution in [1.29, 1.82) is 0 Å². The van der Waals surface area contributed by atoms with Crippen molar-refractivity contribution in [2.45, 2.75) is 39.0 Å². The van der Waals surface area contributed by atoms with E-state index in [0.717, 1.165) is 24.5 Å². The number of rotatable bonds is 2. The Hall–Kier alpha value is -1.13. The zero-order valence-corrected chi connectivity index (χ0v) is 10.8. The van der Waals surface area contributed by atoms with Gasteiger partial charge in [-0.3, -0.25) is 0 Å². The molecule has 17 heavy (non-hydrogen) atoms. The highest BCUT2D eigenvalue weighted by Crippen LogP contribution is 2.25. The van der Waals surface area contributed by atoms with Crippen LogP contribution in [0.3, 0.4) is 0 Å². The summed E-state index contributed by atoms with van der Waals surface area (Å²) in [4.78, 5) is 6.76. The van der Waals surface area contributed by atoms with E-state index in [1.54, 1.807) is 0 Å². The van der Waals surface area contributed by atoms with Gasteiger partial charge in [0.2, 0.25) is 0 Å². The number of hydrogen-bond donors (Lipinski definition) is 1. The maximum Gasteiger partial charge on any atom is 0.133 e. The summed E-state index contributed by atoms with van der Waals surface area (Å²) < 4.78 is 5.74. The lowest BCUT2D eigenvalue weighted by atomic mass is 10.1. The van der Waals surface area contributed by atoms with Crippen molar-refractivity contribution in [2.24, 2.45) is 5.73 Å². The molecule has 3 atom stereocenters. The fourth-order valence-electron chi connectivity index (χ4n) is 2.38. The summed E-state index contributed by atoms with van der Waals surface area (Å²) in [6, 6.07) is 4.00. The molecule has 4 heteroatoms. The minimum absolute atomic E-state index is 0.00663. The van der Waals surface area contributed by atoms with Gasteiger partial charge in [-0.2, -0.15) is 0 Å². The van der Waals surface area contributed by atoms with Crippen LogP contribution in [0, 0.1) is 0 Å². The first-order valence-electron chi connectivity index (χ1n) is 6.19. The molecule has 1 aliphatic heterocycles. The first-order chi connectivity index (χ1) is 8.08. The van der Waals surface area contributed by atoms with Crippen molar-refractivity contribution >= 4 is 5.82 Å². The lowest BCUT2D eigenvalue weighted by molar-refractivity contribution is -0.00552. The molecule has 2 rings (SSSR count). The molecule has 2 N–H and O–H groups in total. The largest absolute Gasteiger partial charge is 0.372 e. The molecule has 0 aromatic carbocycles. The highest BCUT2D eigenvalue weighted by molar-refractivity contribution is 5.48. The first kappa shape index (κ1) is 12.3. The van der Waals surface area contributed by atoms with Crippen molar-refractivity contribution in [1.82, 2.24) is 4.98 Å². The van der Waals surface area contributed by atoms with E-state index < -0.39 is 0 Å². The van der Waals surface area contributed by atoms with Crippen molar-refractivity contribution in [3.05, 3.63) is 23.9 Å². The number of nitrogens with two attached hydrogens (primary N) is 1. The van der Waals surface area contributed by atoms with E-state index in [4.69, 9.17) is 10.5 Å². The monoisotopic (exact) mass is 235 g/mol. The van der Waals surface area contributed by atoms with Gasteiger partial charge in [-0.15, -0.1) is 0 Å². The molecular weight excluding hydrogens is 214 g/mol. The van der Waals surface area contributed by atoms with Gasteiger partial charge in [-0.1, -0.05) is 6.07 Å². The quantitative estimate of drug-likeness (QED) is 0.848. The third kappa shape index (κ3) is 2.76. The highest BCUT2D eigenvalue weighted by atomic mass is 16.5. The Balaban J connectivity index is 2.27. The maximum atomic E-state index is 5.99. The predicted octanol–water partition coefficient (Wildman–Crippen LogP) is 1.71. The molecular formula is C13H21N3O. The Bertz CT molecular complexity index is 371. The molecule has 0 spiro atoms. The average Bonchev–Trinajstić information content (AvgIpc) is 2.27. The fraction of sp³-hybridized carbons (Fsp3) is 0.615. The molecule has 1 saturated heterocycles. The summed E-state index contributed by atoms with van der Waals surface area (Å²) in [7, 11) is 0. The van der Waals surface area contributed by atoms with Gasteiger partial charge in [0.25, 0.3) is 0 Å². The van der Waals surface area contributed by atoms with E-state index in [1.165, 1.54) is 0 Å². The van der Waals surface area contributed by atoms with Crippen LogP contribution in [0.25, 0.3) is 0 Å². The Morgan fingerprint density at radius 1 is 1.41 bits per heavy atom. The molecule has 1 fully saturated rings. The SMILES string of the molecule is CC1CN(c2ncccc2[C@@H](C)N)CC(C)O1. The minimum atomic E-state index is 0.00663. The molecule has 94 valence electrons. The Kier molecular flexibility index (Phi) is 3.64. The summed E-state index contributed by atoms with van der Waals surface area (Å²) in [5.74, 6) is 1.00. The molecule has 1 aromatic heterocycles. The summed E-state index contributed by atoms with van der Waals surface area (Å²) in [5.41, 5.74) is 7.10. The van der Waals surface area contributed by atoms with Crippen molar-refractivity contribution in [3.8, 4) is 0 Å². The first-order valence-corrected chi connectivity index (χ1v) is 6.19. The number of aromatic nitrogens is 1. The topological polar surface area (TPSA) is 51.4 Å². The third-order valence-electron chi connectivity index (χ3n) is 3.03. The highest BCUT2D eigenvalue weighted by Gasteiger charge is 2.25. The van der Waals surface area contributed by atoms with E-state index in [0.29, 0.717) is 0 Å². The minimum Gasteiger partial charge on any atom is -0.372 e. The van der Waals surface area contributed by atoms with Gasteiger partial charge in [0.1, 0.15) is 5.82 Å². The van der Waals surface area contributed by atoms with Crippen LogP contribution in [0.15, 0.2) is 18.3 Å². The molecule has 0 radical (unpaired) electrons. The van der Waals surface area contributed by atoms with Crippen LogP contribution in [0.4, 0.5) is 5.82 Å². The Morgan fingerprint density at radius 3 is 2.65 bits per heavy atom. The molecule has 1 aliphatic rings. The molecule has 0 bridgehead atoms. The molecule has 0 aliphatic carbocycles. The lowest BCUT2D eigenvalue weighted by Crippen LogP contribution is -2.46. The van der Waals surface area contributed by atoms with Crippen LogP contribution in [0.5, 0.6) is 0 Å². The molecule has 4 nitrogen and oxygen atoms in total. The van der Waals surface area contributed by atoms with Crippen LogP contribution in [0.1, 0.15) is 32.4 Å². The molecule has 0 amide bonds. The number of hydrogen-bond acceptors (Lipinski definition) is 4. The van der Waals surface area contributed by atoms with E-state index in [9.17, 15) is 0 Å². The van der Waals surface area contributed by atoms with E-state index in [1.807, 2.05) is 19.2 Å². The fourth-order valence-corrected chi connectivity index (χ4v) is 2.38. The summed E-state index contributed by atoms with van der Waals surface area (Å²) in [6.07, 6.45) is 2.30. The zero-order valence-electron chi connectivity index (χ0n) is 10.8. The number of nitrogens with zero attached hydrogens (tertiary/aromatic N) is 2. The number of pyridine rings is 1. The molecule has 1 aromatic rings. The second kappa shape index (κ2) is 5.02. The van der Waals surface area contributed by atoms with Crippen LogP contribution in [0.2, 0.25) is 0 Å². The standard InChI is InChI=1S/C13H21N3O/c1-9-7-16(8-10(2)17-9)13-12(11(3)14)5-4-6-15-13/h4-6,9-11H,7-8,14H2,1-3H3/t9?,10?,11-/m1/s1. The van der Waals surface area contributed by atoms with E-state index in [-0.39, 0.29) is 18.2 Å². The lowest BCUT2D eigenvalue weighted by Gasteiger charge is -2.37. The summed E-state index contributed by atoms with van der Waals surface area (Å²) in [6.45, 7) is 7.93. The van der Waals surface area contributed by atoms with E-state index in [2.05, 4.69) is 29.8 Å². The van der Waals surface area contributed by atoms with Crippen LogP contribution >= 0.6 is 0 Å². The maximum absolute atomic E-state index is 5.99. The van der Waals surface area contributed by atoms with Gasteiger partial charge in [-0.05, 0) is 26.8 Å². The second-order valence-corrected chi connectivity index (χ2v) is 4.87. The number of ether oxygens (including phenoxy) is 1. The van der Waals surface area contributed by atoms with Gasteiger partial charge in [0, 0.05) is 30.9 Å². The molecule has 2 heterocycles. The Morgan fingerprint density at radius 2 is 2.06 bits per heavy atom. The zero-order chi connectivity index (χ0) is 12.4. The average molecular weight is 235 g/mol. The third-order valence-corrected chi connectivity index (χ3v) is 3.03. The predicted molar refractivity (Wildman–Crippen MR) is 69.1 cm³/mol. The van der Waals surface area contributed by atoms with Crippen LogP contribution in [-0.2, 0) is 4.74 Å².